The Labute approximate surface area is 101 Å². The highest BCUT2D eigenvalue weighted by Gasteiger charge is 2.10. The maximum absolute atomic E-state index is 13.0. The first kappa shape index (κ1) is 13.2. The molecule has 0 aliphatic carbocycles. The van der Waals surface area contributed by atoms with Gasteiger partial charge in [-0.05, 0) is 44.5 Å². The summed E-state index contributed by atoms with van der Waals surface area (Å²) in [6, 6.07) is 5.04. The van der Waals surface area contributed by atoms with E-state index in [0.717, 1.165) is 24.0 Å². The second-order valence-electron chi connectivity index (χ2n) is 4.01. The van der Waals surface area contributed by atoms with Crippen LogP contribution in [0.25, 0.3) is 0 Å². The van der Waals surface area contributed by atoms with Crippen LogP contribution in [-0.2, 0) is 0 Å². The van der Waals surface area contributed by atoms with Gasteiger partial charge in [0.2, 0.25) is 0 Å². The van der Waals surface area contributed by atoms with Gasteiger partial charge in [0.15, 0.2) is 0 Å². The summed E-state index contributed by atoms with van der Waals surface area (Å²) >= 11 is 5.76. The molecule has 0 aliphatic rings. The average molecular weight is 242 g/mol. The van der Waals surface area contributed by atoms with Gasteiger partial charge in [0, 0.05) is 6.04 Å². The Hall–Kier alpha value is -0.860. The van der Waals surface area contributed by atoms with E-state index < -0.39 is 0 Å². The quantitative estimate of drug-likeness (QED) is 0.766. The molecule has 1 atom stereocenters. The van der Waals surface area contributed by atoms with Gasteiger partial charge in [-0.15, -0.1) is 6.58 Å². The predicted octanol–water partition coefficient (Wildman–Crippen LogP) is 4.10. The lowest BCUT2D eigenvalue weighted by atomic mass is 10.00. The van der Waals surface area contributed by atoms with Crippen molar-refractivity contribution in [3.8, 4) is 0 Å². The van der Waals surface area contributed by atoms with Gasteiger partial charge in [0.05, 0.1) is 5.02 Å². The first-order chi connectivity index (χ1) is 7.54. The van der Waals surface area contributed by atoms with Crippen LogP contribution in [0.2, 0.25) is 5.02 Å². The third-order valence-electron chi connectivity index (χ3n) is 2.55. The number of hydrogen-bond donors (Lipinski definition) is 1. The van der Waals surface area contributed by atoms with E-state index in [1.54, 1.807) is 12.1 Å². The molecule has 0 saturated carbocycles. The Morgan fingerprint density at radius 1 is 1.56 bits per heavy atom. The summed E-state index contributed by atoms with van der Waals surface area (Å²) in [5.74, 6) is -0.375. The van der Waals surface area contributed by atoms with Gasteiger partial charge in [-0.1, -0.05) is 23.2 Å². The SMILES string of the molecule is C=C(C)CCC(NC)c1ccc(F)c(Cl)c1. The van der Waals surface area contributed by atoms with Gasteiger partial charge < -0.3 is 5.32 Å². The van der Waals surface area contributed by atoms with E-state index in [4.69, 9.17) is 11.6 Å². The normalized spacial score (nSPS) is 12.5. The van der Waals surface area contributed by atoms with Crippen LogP contribution in [0.4, 0.5) is 4.39 Å². The Kier molecular flexibility index (Phi) is 4.97. The summed E-state index contributed by atoms with van der Waals surface area (Å²) in [7, 11) is 1.89. The van der Waals surface area contributed by atoms with Gasteiger partial charge in [-0.2, -0.15) is 0 Å². The van der Waals surface area contributed by atoms with Gasteiger partial charge in [0.1, 0.15) is 5.82 Å². The molecule has 1 aromatic rings. The van der Waals surface area contributed by atoms with Crippen LogP contribution in [-0.4, -0.2) is 7.05 Å². The minimum atomic E-state index is -0.375. The first-order valence-corrected chi connectivity index (χ1v) is 5.69. The Morgan fingerprint density at radius 3 is 2.75 bits per heavy atom. The van der Waals surface area contributed by atoms with Crippen molar-refractivity contribution in [2.45, 2.75) is 25.8 Å². The maximum Gasteiger partial charge on any atom is 0.141 e. The lowest BCUT2D eigenvalue weighted by Crippen LogP contribution is -2.16. The van der Waals surface area contributed by atoms with E-state index in [9.17, 15) is 4.39 Å². The number of halogens is 2. The molecule has 88 valence electrons. The third-order valence-corrected chi connectivity index (χ3v) is 2.84. The van der Waals surface area contributed by atoms with E-state index in [-0.39, 0.29) is 16.9 Å². The fourth-order valence-corrected chi connectivity index (χ4v) is 1.79. The number of benzene rings is 1. The third kappa shape index (κ3) is 3.62. The topological polar surface area (TPSA) is 12.0 Å². The maximum atomic E-state index is 13.0. The molecule has 0 heterocycles. The van der Waals surface area contributed by atoms with E-state index in [1.807, 2.05) is 14.0 Å². The van der Waals surface area contributed by atoms with Crippen molar-refractivity contribution in [3.05, 3.63) is 46.8 Å². The average Bonchev–Trinajstić information content (AvgIpc) is 2.23. The zero-order valence-electron chi connectivity index (χ0n) is 9.69. The molecule has 0 spiro atoms. The zero-order valence-corrected chi connectivity index (χ0v) is 10.4. The summed E-state index contributed by atoms with van der Waals surface area (Å²) in [4.78, 5) is 0. The van der Waals surface area contributed by atoms with Crippen LogP contribution in [0.15, 0.2) is 30.4 Å². The molecule has 1 unspecified atom stereocenters. The van der Waals surface area contributed by atoms with Crippen molar-refractivity contribution in [1.29, 1.82) is 0 Å². The Morgan fingerprint density at radius 2 is 2.25 bits per heavy atom. The summed E-state index contributed by atoms with van der Waals surface area (Å²) in [6.07, 6.45) is 1.88. The van der Waals surface area contributed by atoms with Crippen molar-refractivity contribution in [2.24, 2.45) is 0 Å². The van der Waals surface area contributed by atoms with Crippen molar-refractivity contribution >= 4 is 11.6 Å². The Bertz CT molecular complexity index is 376. The van der Waals surface area contributed by atoms with Crippen molar-refractivity contribution < 1.29 is 4.39 Å². The fraction of sp³-hybridized carbons (Fsp3) is 0.385. The van der Waals surface area contributed by atoms with Crippen LogP contribution in [0.5, 0.6) is 0 Å². The number of rotatable bonds is 5. The van der Waals surface area contributed by atoms with E-state index in [1.165, 1.54) is 6.07 Å². The minimum absolute atomic E-state index is 0.174. The molecule has 3 heteroatoms. The largest absolute Gasteiger partial charge is 0.313 e. The molecule has 0 aliphatic heterocycles. The Balaban J connectivity index is 2.78. The van der Waals surface area contributed by atoms with Gasteiger partial charge in [-0.25, -0.2) is 4.39 Å². The van der Waals surface area contributed by atoms with Crippen LogP contribution < -0.4 is 5.32 Å². The minimum Gasteiger partial charge on any atom is -0.313 e. The molecule has 1 nitrogen and oxygen atoms in total. The van der Waals surface area contributed by atoms with Gasteiger partial charge in [0.25, 0.3) is 0 Å². The highest BCUT2D eigenvalue weighted by Crippen LogP contribution is 2.24. The highest BCUT2D eigenvalue weighted by molar-refractivity contribution is 6.30. The van der Waals surface area contributed by atoms with E-state index >= 15 is 0 Å². The number of nitrogens with one attached hydrogen (secondary N) is 1. The molecule has 1 aromatic carbocycles. The van der Waals surface area contributed by atoms with Crippen molar-refractivity contribution in [3.63, 3.8) is 0 Å². The molecule has 0 amide bonds. The van der Waals surface area contributed by atoms with Crippen LogP contribution >= 0.6 is 11.6 Å². The zero-order chi connectivity index (χ0) is 12.1. The summed E-state index contributed by atoms with van der Waals surface area (Å²) in [5.41, 5.74) is 2.16. The first-order valence-electron chi connectivity index (χ1n) is 5.31. The standard InChI is InChI=1S/C13H17ClFN/c1-9(2)4-7-13(16-3)10-5-6-12(15)11(14)8-10/h5-6,8,13,16H,1,4,7H2,2-3H3. The molecular formula is C13H17ClFN. The highest BCUT2D eigenvalue weighted by atomic mass is 35.5. The lowest BCUT2D eigenvalue weighted by Gasteiger charge is -2.17. The molecule has 16 heavy (non-hydrogen) atoms. The van der Waals surface area contributed by atoms with E-state index in [2.05, 4.69) is 11.9 Å². The van der Waals surface area contributed by atoms with Crippen LogP contribution in [0.1, 0.15) is 31.4 Å². The van der Waals surface area contributed by atoms with Gasteiger partial charge >= 0.3 is 0 Å². The lowest BCUT2D eigenvalue weighted by molar-refractivity contribution is 0.546. The molecule has 1 N–H and O–H groups in total. The fourth-order valence-electron chi connectivity index (χ4n) is 1.60. The number of hydrogen-bond acceptors (Lipinski definition) is 1. The molecule has 0 radical (unpaired) electrons. The summed E-state index contributed by atoms with van der Waals surface area (Å²) in [5, 5.41) is 3.37. The van der Waals surface area contributed by atoms with E-state index in [0.29, 0.717) is 0 Å². The summed E-state index contributed by atoms with van der Waals surface area (Å²) in [6.45, 7) is 5.88. The molecular weight excluding hydrogens is 225 g/mol. The second kappa shape index (κ2) is 6.02. The van der Waals surface area contributed by atoms with Crippen molar-refractivity contribution in [2.75, 3.05) is 7.05 Å². The number of allylic oxidation sites excluding steroid dienone is 1. The monoisotopic (exact) mass is 241 g/mol. The summed E-state index contributed by atoms with van der Waals surface area (Å²) < 4.78 is 13.0. The van der Waals surface area contributed by atoms with Crippen LogP contribution in [0, 0.1) is 5.82 Å². The van der Waals surface area contributed by atoms with Crippen molar-refractivity contribution in [1.82, 2.24) is 5.32 Å². The van der Waals surface area contributed by atoms with Crippen LogP contribution in [0.3, 0.4) is 0 Å². The molecule has 0 bridgehead atoms. The second-order valence-corrected chi connectivity index (χ2v) is 4.42. The predicted molar refractivity (Wildman–Crippen MR) is 67.3 cm³/mol. The molecule has 0 fully saturated rings. The van der Waals surface area contributed by atoms with Gasteiger partial charge in [-0.3, -0.25) is 0 Å². The molecule has 0 aromatic heterocycles. The molecule has 1 rings (SSSR count). The smallest absolute Gasteiger partial charge is 0.141 e. The molecule has 0 saturated heterocycles.